The van der Waals surface area contributed by atoms with Crippen LogP contribution in [0, 0.1) is 5.82 Å². The van der Waals surface area contributed by atoms with Gasteiger partial charge in [0, 0.05) is 11.7 Å². The van der Waals surface area contributed by atoms with Crippen LogP contribution in [0.5, 0.6) is 5.75 Å². The van der Waals surface area contributed by atoms with Gasteiger partial charge in [-0.3, -0.25) is 4.79 Å². The SMILES string of the molecule is O=C(NC1CC1)C(Nc1ccc(OCC(F)(F)F)cc1)c1ccc(F)cc1. The van der Waals surface area contributed by atoms with Gasteiger partial charge in [0.15, 0.2) is 6.61 Å². The predicted octanol–water partition coefficient (Wildman–Crippen LogP) is 4.20. The van der Waals surface area contributed by atoms with Gasteiger partial charge >= 0.3 is 6.18 Å². The lowest BCUT2D eigenvalue weighted by molar-refractivity contribution is -0.153. The molecular formula is C19H18F4N2O2. The monoisotopic (exact) mass is 382 g/mol. The first-order valence-electron chi connectivity index (χ1n) is 8.42. The van der Waals surface area contributed by atoms with Crippen LogP contribution in [-0.4, -0.2) is 24.7 Å². The van der Waals surface area contributed by atoms with Crippen molar-refractivity contribution in [2.24, 2.45) is 0 Å². The molecule has 2 aromatic rings. The summed E-state index contributed by atoms with van der Waals surface area (Å²) >= 11 is 0. The topological polar surface area (TPSA) is 50.4 Å². The first-order chi connectivity index (χ1) is 12.8. The summed E-state index contributed by atoms with van der Waals surface area (Å²) in [6.45, 7) is -1.37. The Labute approximate surface area is 153 Å². The molecule has 1 aliphatic carbocycles. The third-order valence-corrected chi connectivity index (χ3v) is 3.96. The molecule has 0 radical (unpaired) electrons. The highest BCUT2D eigenvalue weighted by atomic mass is 19.4. The highest BCUT2D eigenvalue weighted by Crippen LogP contribution is 2.26. The van der Waals surface area contributed by atoms with E-state index < -0.39 is 24.6 Å². The number of benzene rings is 2. The molecule has 0 heterocycles. The highest BCUT2D eigenvalue weighted by molar-refractivity contribution is 5.86. The standard InChI is InChI=1S/C19H18F4N2O2/c20-13-3-1-12(2-4-13)17(18(26)25-15-5-6-15)24-14-7-9-16(10-8-14)27-11-19(21,22)23/h1-4,7-10,15,17,24H,5-6,11H2,(H,25,26). The van der Waals surface area contributed by atoms with E-state index in [4.69, 9.17) is 0 Å². The number of amides is 1. The van der Waals surface area contributed by atoms with E-state index in [1.165, 1.54) is 48.5 Å². The van der Waals surface area contributed by atoms with Gasteiger partial charge in [0.25, 0.3) is 0 Å². The summed E-state index contributed by atoms with van der Waals surface area (Å²) in [6, 6.07) is 10.8. The highest BCUT2D eigenvalue weighted by Gasteiger charge is 2.29. The summed E-state index contributed by atoms with van der Waals surface area (Å²) in [5.41, 5.74) is 1.10. The van der Waals surface area contributed by atoms with E-state index in [0.29, 0.717) is 11.3 Å². The number of carbonyl (C=O) groups excluding carboxylic acids is 1. The average Bonchev–Trinajstić information content (AvgIpc) is 3.43. The Hall–Kier alpha value is -2.77. The molecule has 0 aliphatic heterocycles. The van der Waals surface area contributed by atoms with E-state index in [9.17, 15) is 22.4 Å². The molecule has 0 bridgehead atoms. The molecule has 1 saturated carbocycles. The van der Waals surface area contributed by atoms with E-state index >= 15 is 0 Å². The summed E-state index contributed by atoms with van der Waals surface area (Å²) < 4.78 is 54.4. The lowest BCUT2D eigenvalue weighted by atomic mass is 10.1. The summed E-state index contributed by atoms with van der Waals surface area (Å²) in [7, 11) is 0. The van der Waals surface area contributed by atoms with Crippen LogP contribution < -0.4 is 15.4 Å². The first kappa shape index (κ1) is 19.0. The first-order valence-corrected chi connectivity index (χ1v) is 8.42. The second-order valence-corrected chi connectivity index (χ2v) is 6.34. The molecule has 0 aromatic heterocycles. The third-order valence-electron chi connectivity index (χ3n) is 3.96. The minimum absolute atomic E-state index is 0.0682. The molecule has 2 aromatic carbocycles. The van der Waals surface area contributed by atoms with Crippen molar-refractivity contribution >= 4 is 11.6 Å². The fourth-order valence-corrected chi connectivity index (χ4v) is 2.45. The smallest absolute Gasteiger partial charge is 0.422 e. The molecule has 144 valence electrons. The Morgan fingerprint density at radius 2 is 1.70 bits per heavy atom. The van der Waals surface area contributed by atoms with Crippen LogP contribution in [0.15, 0.2) is 48.5 Å². The van der Waals surface area contributed by atoms with Crippen LogP contribution in [-0.2, 0) is 4.79 Å². The number of ether oxygens (including phenoxy) is 1. The molecule has 27 heavy (non-hydrogen) atoms. The van der Waals surface area contributed by atoms with Crippen molar-refractivity contribution in [3.05, 3.63) is 59.9 Å². The molecule has 1 unspecified atom stereocenters. The second kappa shape index (κ2) is 7.85. The van der Waals surface area contributed by atoms with Gasteiger partial charge in [-0.2, -0.15) is 13.2 Å². The van der Waals surface area contributed by atoms with Gasteiger partial charge < -0.3 is 15.4 Å². The molecule has 2 N–H and O–H groups in total. The van der Waals surface area contributed by atoms with E-state index in [1.807, 2.05) is 0 Å². The quantitative estimate of drug-likeness (QED) is 0.706. The maximum atomic E-state index is 13.2. The maximum Gasteiger partial charge on any atom is 0.422 e. The van der Waals surface area contributed by atoms with E-state index in [0.717, 1.165) is 12.8 Å². The van der Waals surface area contributed by atoms with Crippen LogP contribution >= 0.6 is 0 Å². The number of rotatable bonds is 7. The number of hydrogen-bond donors (Lipinski definition) is 2. The van der Waals surface area contributed by atoms with E-state index in [-0.39, 0.29) is 17.7 Å². The van der Waals surface area contributed by atoms with Crippen molar-refractivity contribution in [1.82, 2.24) is 5.32 Å². The molecule has 1 aliphatic rings. The molecule has 0 saturated heterocycles. The molecule has 3 rings (SSSR count). The van der Waals surface area contributed by atoms with Crippen molar-refractivity contribution in [3.63, 3.8) is 0 Å². The minimum atomic E-state index is -4.41. The van der Waals surface area contributed by atoms with Crippen molar-refractivity contribution in [3.8, 4) is 5.75 Å². The normalized spacial score (nSPS) is 15.1. The lowest BCUT2D eigenvalue weighted by Crippen LogP contribution is -2.34. The van der Waals surface area contributed by atoms with Gasteiger partial charge in [0.05, 0.1) is 0 Å². The fourth-order valence-electron chi connectivity index (χ4n) is 2.45. The number of anilines is 1. The molecule has 4 nitrogen and oxygen atoms in total. The van der Waals surface area contributed by atoms with E-state index in [1.54, 1.807) is 0 Å². The molecule has 1 atom stereocenters. The largest absolute Gasteiger partial charge is 0.484 e. The van der Waals surface area contributed by atoms with Crippen LogP contribution in [0.1, 0.15) is 24.4 Å². The summed E-state index contributed by atoms with van der Waals surface area (Å²) in [5.74, 6) is -0.591. The Kier molecular flexibility index (Phi) is 5.53. The van der Waals surface area contributed by atoms with Gasteiger partial charge in [-0.1, -0.05) is 12.1 Å². The fraction of sp³-hybridized carbons (Fsp3) is 0.316. The number of alkyl halides is 3. The molecule has 1 amide bonds. The molecule has 1 fully saturated rings. The number of carbonyl (C=O) groups is 1. The van der Waals surface area contributed by atoms with Crippen molar-refractivity contribution in [1.29, 1.82) is 0 Å². The molecule has 0 spiro atoms. The van der Waals surface area contributed by atoms with Gasteiger partial charge in [0.1, 0.15) is 17.6 Å². The average molecular weight is 382 g/mol. The Balaban J connectivity index is 1.71. The van der Waals surface area contributed by atoms with Crippen LogP contribution in [0.25, 0.3) is 0 Å². The van der Waals surface area contributed by atoms with Crippen molar-refractivity contribution in [2.75, 3.05) is 11.9 Å². The molecular weight excluding hydrogens is 364 g/mol. The van der Waals surface area contributed by atoms with Gasteiger partial charge in [-0.15, -0.1) is 0 Å². The number of halogens is 4. The van der Waals surface area contributed by atoms with Crippen LogP contribution in [0.3, 0.4) is 0 Å². The van der Waals surface area contributed by atoms with Crippen molar-refractivity contribution < 1.29 is 27.1 Å². The number of nitrogens with one attached hydrogen (secondary N) is 2. The third kappa shape index (κ3) is 5.87. The summed E-state index contributed by atoms with van der Waals surface area (Å²) in [5, 5.41) is 5.93. The molecule has 8 heteroatoms. The van der Waals surface area contributed by atoms with E-state index in [2.05, 4.69) is 15.4 Å². The minimum Gasteiger partial charge on any atom is -0.484 e. The zero-order chi connectivity index (χ0) is 19.4. The lowest BCUT2D eigenvalue weighted by Gasteiger charge is -2.20. The Bertz CT molecular complexity index is 772. The maximum absolute atomic E-state index is 13.2. The predicted molar refractivity (Wildman–Crippen MR) is 91.9 cm³/mol. The Morgan fingerprint density at radius 1 is 1.07 bits per heavy atom. The zero-order valence-electron chi connectivity index (χ0n) is 14.2. The van der Waals surface area contributed by atoms with Gasteiger partial charge in [-0.05, 0) is 54.8 Å². The summed E-state index contributed by atoms with van der Waals surface area (Å²) in [6.07, 6.45) is -2.56. The number of hydrogen-bond acceptors (Lipinski definition) is 3. The zero-order valence-corrected chi connectivity index (χ0v) is 14.2. The van der Waals surface area contributed by atoms with Gasteiger partial charge in [0.2, 0.25) is 5.91 Å². The summed E-state index contributed by atoms with van der Waals surface area (Å²) in [4.78, 5) is 12.5. The van der Waals surface area contributed by atoms with Gasteiger partial charge in [-0.25, -0.2) is 4.39 Å². The van der Waals surface area contributed by atoms with Crippen LogP contribution in [0.4, 0.5) is 23.2 Å². The van der Waals surface area contributed by atoms with Crippen molar-refractivity contribution in [2.45, 2.75) is 31.1 Å². The second-order valence-electron chi connectivity index (χ2n) is 6.34. The van der Waals surface area contributed by atoms with Crippen LogP contribution in [0.2, 0.25) is 0 Å². The Morgan fingerprint density at radius 3 is 2.26 bits per heavy atom.